The number of halogens is 1. The minimum atomic E-state index is 0.301. The van der Waals surface area contributed by atoms with Gasteiger partial charge >= 0.3 is 0 Å². The van der Waals surface area contributed by atoms with Crippen LogP contribution in [0.3, 0.4) is 0 Å². The predicted octanol–water partition coefficient (Wildman–Crippen LogP) is 4.08. The van der Waals surface area contributed by atoms with E-state index in [-0.39, 0.29) is 0 Å². The summed E-state index contributed by atoms with van der Waals surface area (Å²) in [6, 6.07) is 9.05. The van der Waals surface area contributed by atoms with Crippen LogP contribution in [0.4, 0.5) is 0 Å². The first-order valence-electron chi connectivity index (χ1n) is 7.50. The summed E-state index contributed by atoms with van der Waals surface area (Å²) in [5.41, 5.74) is 4.92. The van der Waals surface area contributed by atoms with Gasteiger partial charge in [0.25, 0.3) is 0 Å². The fourth-order valence-electron chi connectivity index (χ4n) is 2.59. The second-order valence-electron chi connectivity index (χ2n) is 5.64. The Bertz CT molecular complexity index is 604. The highest BCUT2D eigenvalue weighted by molar-refractivity contribution is 9.10. The molecule has 0 aliphatic carbocycles. The number of rotatable bonds is 6. The number of aromatic nitrogens is 2. The van der Waals surface area contributed by atoms with E-state index in [0.29, 0.717) is 6.04 Å². The first kappa shape index (κ1) is 16.2. The summed E-state index contributed by atoms with van der Waals surface area (Å²) >= 11 is 3.71. The van der Waals surface area contributed by atoms with E-state index in [1.165, 1.54) is 21.3 Å². The van der Waals surface area contributed by atoms with Crippen molar-refractivity contribution in [2.45, 2.75) is 39.7 Å². The van der Waals surface area contributed by atoms with Crippen molar-refractivity contribution in [3.8, 4) is 0 Å². The first-order valence-corrected chi connectivity index (χ1v) is 8.29. The largest absolute Gasteiger partial charge is 0.310 e. The van der Waals surface area contributed by atoms with Crippen LogP contribution in [0.2, 0.25) is 0 Å². The topological polar surface area (TPSA) is 29.9 Å². The highest BCUT2D eigenvalue weighted by Crippen LogP contribution is 2.27. The molecular weight excluding hydrogens is 326 g/mol. The number of benzene rings is 1. The summed E-state index contributed by atoms with van der Waals surface area (Å²) in [5, 5.41) is 8.11. The van der Waals surface area contributed by atoms with Crippen molar-refractivity contribution >= 4 is 15.9 Å². The maximum Gasteiger partial charge on any atom is 0.0596 e. The van der Waals surface area contributed by atoms with Crippen LogP contribution in [-0.2, 0) is 13.5 Å². The van der Waals surface area contributed by atoms with E-state index in [1.54, 1.807) is 0 Å². The van der Waals surface area contributed by atoms with Gasteiger partial charge in [-0.15, -0.1) is 0 Å². The van der Waals surface area contributed by atoms with Crippen LogP contribution < -0.4 is 5.32 Å². The maximum absolute atomic E-state index is 4.45. The molecule has 1 aromatic heterocycles. The summed E-state index contributed by atoms with van der Waals surface area (Å²) < 4.78 is 3.16. The zero-order valence-electron chi connectivity index (χ0n) is 13.3. The van der Waals surface area contributed by atoms with Crippen LogP contribution in [0.15, 0.2) is 28.7 Å². The van der Waals surface area contributed by atoms with Gasteiger partial charge in [-0.25, -0.2) is 0 Å². The number of nitrogens with one attached hydrogen (secondary N) is 1. The monoisotopic (exact) mass is 349 g/mol. The molecule has 4 heteroatoms. The third-order valence-electron chi connectivity index (χ3n) is 3.68. The van der Waals surface area contributed by atoms with Crippen molar-refractivity contribution < 1.29 is 0 Å². The molecule has 2 rings (SSSR count). The fraction of sp³-hybridized carbons (Fsp3) is 0.471. The molecule has 1 atom stereocenters. The highest BCUT2D eigenvalue weighted by Gasteiger charge is 2.16. The molecule has 1 aromatic carbocycles. The van der Waals surface area contributed by atoms with Crippen LogP contribution in [-0.4, -0.2) is 16.3 Å². The Morgan fingerprint density at radius 3 is 2.62 bits per heavy atom. The Hall–Kier alpha value is -1.13. The SMILES string of the molecule is CCCNC(Cc1cc(C)nn1C)c1ccc(C)cc1Br. The summed E-state index contributed by atoms with van der Waals surface area (Å²) in [7, 11) is 2.02. The Morgan fingerprint density at radius 1 is 1.29 bits per heavy atom. The summed E-state index contributed by atoms with van der Waals surface area (Å²) in [4.78, 5) is 0. The molecule has 1 heterocycles. The van der Waals surface area contributed by atoms with Gasteiger partial charge in [0.2, 0.25) is 0 Å². The van der Waals surface area contributed by atoms with Gasteiger partial charge in [-0.2, -0.15) is 5.10 Å². The number of hydrogen-bond donors (Lipinski definition) is 1. The molecule has 1 N–H and O–H groups in total. The van der Waals surface area contributed by atoms with Crippen molar-refractivity contribution in [3.63, 3.8) is 0 Å². The van der Waals surface area contributed by atoms with Crippen molar-refractivity contribution in [2.75, 3.05) is 6.54 Å². The van der Waals surface area contributed by atoms with Crippen molar-refractivity contribution in [2.24, 2.45) is 7.05 Å². The molecule has 1 unspecified atom stereocenters. The molecule has 0 saturated heterocycles. The molecule has 0 spiro atoms. The van der Waals surface area contributed by atoms with Gasteiger partial charge in [-0.05, 0) is 50.1 Å². The zero-order chi connectivity index (χ0) is 15.4. The third kappa shape index (κ3) is 4.17. The average Bonchev–Trinajstić information content (AvgIpc) is 2.73. The van der Waals surface area contributed by atoms with E-state index < -0.39 is 0 Å². The van der Waals surface area contributed by atoms with E-state index in [2.05, 4.69) is 64.5 Å². The van der Waals surface area contributed by atoms with Gasteiger partial charge < -0.3 is 5.32 Å². The Kier molecular flexibility index (Phi) is 5.59. The van der Waals surface area contributed by atoms with E-state index in [1.807, 2.05) is 18.7 Å². The third-order valence-corrected chi connectivity index (χ3v) is 4.37. The summed E-state index contributed by atoms with van der Waals surface area (Å²) in [6.07, 6.45) is 2.07. The van der Waals surface area contributed by atoms with E-state index >= 15 is 0 Å². The normalized spacial score (nSPS) is 12.6. The van der Waals surface area contributed by atoms with Crippen LogP contribution >= 0.6 is 15.9 Å². The summed E-state index contributed by atoms with van der Waals surface area (Å²) in [5.74, 6) is 0. The minimum absolute atomic E-state index is 0.301. The van der Waals surface area contributed by atoms with Crippen LogP contribution in [0.5, 0.6) is 0 Å². The van der Waals surface area contributed by atoms with E-state index in [0.717, 1.165) is 25.1 Å². The lowest BCUT2D eigenvalue weighted by Crippen LogP contribution is -2.25. The molecular formula is C17H24BrN3. The highest BCUT2D eigenvalue weighted by atomic mass is 79.9. The zero-order valence-corrected chi connectivity index (χ0v) is 14.9. The van der Waals surface area contributed by atoms with Gasteiger partial charge in [-0.1, -0.05) is 35.0 Å². The van der Waals surface area contributed by atoms with Gasteiger partial charge in [-0.3, -0.25) is 4.68 Å². The van der Waals surface area contributed by atoms with Crippen molar-refractivity contribution in [3.05, 3.63) is 51.3 Å². The van der Waals surface area contributed by atoms with Crippen LogP contribution in [0.1, 0.15) is 41.9 Å². The maximum atomic E-state index is 4.45. The van der Waals surface area contributed by atoms with Gasteiger partial charge in [0.1, 0.15) is 0 Å². The predicted molar refractivity (Wildman–Crippen MR) is 91.6 cm³/mol. The minimum Gasteiger partial charge on any atom is -0.310 e. The number of nitrogens with zero attached hydrogens (tertiary/aromatic N) is 2. The average molecular weight is 350 g/mol. The quantitative estimate of drug-likeness (QED) is 0.851. The fourth-order valence-corrected chi connectivity index (χ4v) is 3.36. The lowest BCUT2D eigenvalue weighted by atomic mass is 10.0. The second-order valence-corrected chi connectivity index (χ2v) is 6.49. The molecule has 21 heavy (non-hydrogen) atoms. The molecule has 3 nitrogen and oxygen atoms in total. The molecule has 0 saturated carbocycles. The smallest absolute Gasteiger partial charge is 0.0596 e. The van der Waals surface area contributed by atoms with Crippen LogP contribution in [0, 0.1) is 13.8 Å². The Balaban J connectivity index is 2.27. The molecule has 0 fully saturated rings. The van der Waals surface area contributed by atoms with Crippen LogP contribution in [0.25, 0.3) is 0 Å². The van der Waals surface area contributed by atoms with Gasteiger partial charge in [0, 0.05) is 29.7 Å². The lowest BCUT2D eigenvalue weighted by molar-refractivity contribution is 0.510. The lowest BCUT2D eigenvalue weighted by Gasteiger charge is -2.21. The molecule has 0 radical (unpaired) electrons. The molecule has 0 bridgehead atoms. The Morgan fingerprint density at radius 2 is 2.05 bits per heavy atom. The Labute approximate surface area is 135 Å². The summed E-state index contributed by atoms with van der Waals surface area (Å²) in [6.45, 7) is 7.37. The molecule has 0 amide bonds. The van der Waals surface area contributed by atoms with E-state index in [9.17, 15) is 0 Å². The first-order chi connectivity index (χ1) is 10.0. The van der Waals surface area contributed by atoms with Crippen molar-refractivity contribution in [1.29, 1.82) is 0 Å². The standard InChI is InChI=1S/C17H24BrN3/c1-5-8-19-17(11-14-10-13(3)20-21(14)4)15-7-6-12(2)9-16(15)18/h6-7,9-10,17,19H,5,8,11H2,1-4H3. The second kappa shape index (κ2) is 7.23. The van der Waals surface area contributed by atoms with Gasteiger partial charge in [0.15, 0.2) is 0 Å². The molecule has 114 valence electrons. The number of hydrogen-bond acceptors (Lipinski definition) is 2. The molecule has 0 aliphatic rings. The number of aryl methyl sites for hydroxylation is 3. The van der Waals surface area contributed by atoms with Crippen molar-refractivity contribution in [1.82, 2.24) is 15.1 Å². The van der Waals surface area contributed by atoms with E-state index in [4.69, 9.17) is 0 Å². The van der Waals surface area contributed by atoms with Gasteiger partial charge in [0.05, 0.1) is 5.69 Å². The molecule has 2 aromatic rings. The molecule has 0 aliphatic heterocycles.